The third-order valence-electron chi connectivity index (χ3n) is 1.30. The van der Waals surface area contributed by atoms with Gasteiger partial charge in [0, 0.05) is 0 Å². The van der Waals surface area contributed by atoms with E-state index in [1.54, 1.807) is 18.6 Å². The number of carboxylic acids is 1. The van der Waals surface area contributed by atoms with Crippen LogP contribution in [0.5, 0.6) is 0 Å². The fourth-order valence-corrected chi connectivity index (χ4v) is 1.41. The number of nitrogens with one attached hydrogen (secondary N) is 1. The molecule has 7 heteroatoms. The van der Waals surface area contributed by atoms with E-state index >= 15 is 0 Å². The monoisotopic (exact) mass is 211 g/mol. The van der Waals surface area contributed by atoms with Gasteiger partial charge in [-0.1, -0.05) is 13.8 Å². The molecule has 0 unspecified atom stereocenters. The van der Waals surface area contributed by atoms with E-state index in [1.807, 2.05) is 0 Å². The van der Waals surface area contributed by atoms with Gasteiger partial charge in [-0.2, -0.15) is 13.1 Å². The lowest BCUT2D eigenvalue weighted by Crippen LogP contribution is -2.41. The minimum atomic E-state index is -4.44. The lowest BCUT2D eigenvalue weighted by atomic mass is 10.1. The summed E-state index contributed by atoms with van der Waals surface area (Å²) in [6.07, 6.45) is 0.134. The van der Waals surface area contributed by atoms with Gasteiger partial charge in [-0.25, -0.2) is 0 Å². The van der Waals surface area contributed by atoms with E-state index in [0.29, 0.717) is 0 Å². The Bertz CT molecular complexity index is 271. The number of hydrogen-bond donors (Lipinski definition) is 3. The van der Waals surface area contributed by atoms with Crippen LogP contribution in [-0.4, -0.2) is 30.1 Å². The smallest absolute Gasteiger partial charge is 0.334 e. The topological polar surface area (TPSA) is 104 Å². The second-order valence-corrected chi connectivity index (χ2v) is 4.30. The van der Waals surface area contributed by atoms with Gasteiger partial charge < -0.3 is 5.11 Å². The average molecular weight is 211 g/mol. The highest BCUT2D eigenvalue weighted by molar-refractivity contribution is 7.83. The largest absolute Gasteiger partial charge is 0.480 e. The Kier molecular flexibility index (Phi) is 4.31. The van der Waals surface area contributed by atoms with E-state index in [0.717, 1.165) is 0 Å². The van der Waals surface area contributed by atoms with Crippen LogP contribution in [0.25, 0.3) is 0 Å². The highest BCUT2D eigenvalue weighted by atomic mass is 32.2. The summed E-state index contributed by atoms with van der Waals surface area (Å²) in [6, 6.07) is -1.27. The van der Waals surface area contributed by atoms with Crippen molar-refractivity contribution >= 4 is 16.3 Å². The molecule has 0 bridgehead atoms. The van der Waals surface area contributed by atoms with E-state index in [-0.39, 0.29) is 12.3 Å². The molecule has 0 spiro atoms. The Labute approximate surface area is 76.8 Å². The van der Waals surface area contributed by atoms with Crippen LogP contribution < -0.4 is 4.72 Å². The molecule has 0 radical (unpaired) electrons. The van der Waals surface area contributed by atoms with Gasteiger partial charge in [-0.15, -0.1) is 0 Å². The molecule has 0 fully saturated rings. The molecule has 1 atom stereocenters. The Hall–Kier alpha value is -0.660. The number of hydrogen-bond acceptors (Lipinski definition) is 3. The van der Waals surface area contributed by atoms with E-state index in [2.05, 4.69) is 0 Å². The summed E-state index contributed by atoms with van der Waals surface area (Å²) in [5.74, 6) is -1.28. The van der Waals surface area contributed by atoms with E-state index in [4.69, 9.17) is 9.66 Å². The SMILES string of the molecule is CC(C)C[C@H](NS(=O)(=O)O)C(=O)O. The molecule has 0 amide bonds. The number of aliphatic carboxylic acids is 1. The van der Waals surface area contributed by atoms with Crippen LogP contribution in [0.4, 0.5) is 0 Å². The summed E-state index contributed by atoms with van der Waals surface area (Å²) in [5.41, 5.74) is 0. The summed E-state index contributed by atoms with van der Waals surface area (Å²) in [7, 11) is -4.44. The van der Waals surface area contributed by atoms with Crippen molar-refractivity contribution in [3.63, 3.8) is 0 Å². The predicted molar refractivity (Wildman–Crippen MR) is 45.6 cm³/mol. The Morgan fingerprint density at radius 3 is 2.15 bits per heavy atom. The highest BCUT2D eigenvalue weighted by Gasteiger charge is 2.23. The molecule has 0 aliphatic rings. The molecule has 78 valence electrons. The maximum Gasteiger partial charge on any atom is 0.334 e. The lowest BCUT2D eigenvalue weighted by Gasteiger charge is -2.13. The zero-order valence-electron chi connectivity index (χ0n) is 7.39. The van der Waals surface area contributed by atoms with E-state index < -0.39 is 22.3 Å². The van der Waals surface area contributed by atoms with Crippen LogP contribution >= 0.6 is 0 Å². The standard InChI is InChI=1S/C6H13NO5S/c1-4(2)3-5(6(8)9)7-13(10,11)12/h4-5,7H,3H2,1-2H3,(H,8,9)(H,10,11,12)/t5-/m0/s1. The molecule has 3 N–H and O–H groups in total. The van der Waals surface area contributed by atoms with Crippen LogP contribution in [0.2, 0.25) is 0 Å². The highest BCUT2D eigenvalue weighted by Crippen LogP contribution is 2.05. The van der Waals surface area contributed by atoms with Gasteiger partial charge in [0.2, 0.25) is 0 Å². The van der Waals surface area contributed by atoms with Gasteiger partial charge in [0.25, 0.3) is 0 Å². The quantitative estimate of drug-likeness (QED) is 0.550. The van der Waals surface area contributed by atoms with Crippen molar-refractivity contribution in [1.82, 2.24) is 4.72 Å². The molecular formula is C6H13NO5S. The predicted octanol–water partition coefficient (Wildman–Crippen LogP) is -0.122. The molecule has 0 aromatic rings. The van der Waals surface area contributed by atoms with Crippen LogP contribution in [0.15, 0.2) is 0 Å². The summed E-state index contributed by atoms with van der Waals surface area (Å²) >= 11 is 0. The first-order valence-electron chi connectivity index (χ1n) is 3.70. The van der Waals surface area contributed by atoms with Gasteiger partial charge in [0.15, 0.2) is 0 Å². The first kappa shape index (κ1) is 12.3. The molecule has 13 heavy (non-hydrogen) atoms. The molecular weight excluding hydrogens is 198 g/mol. The average Bonchev–Trinajstić information content (AvgIpc) is 1.81. The van der Waals surface area contributed by atoms with Crippen molar-refractivity contribution in [2.24, 2.45) is 5.92 Å². The van der Waals surface area contributed by atoms with Crippen molar-refractivity contribution in [1.29, 1.82) is 0 Å². The molecule has 0 saturated carbocycles. The van der Waals surface area contributed by atoms with Crippen molar-refractivity contribution < 1.29 is 22.9 Å². The third kappa shape index (κ3) is 6.50. The maximum absolute atomic E-state index is 10.5. The van der Waals surface area contributed by atoms with E-state index in [1.165, 1.54) is 0 Å². The minimum absolute atomic E-state index is 0.0235. The molecule has 0 aromatic heterocycles. The molecule has 0 aliphatic heterocycles. The zero-order chi connectivity index (χ0) is 10.6. The van der Waals surface area contributed by atoms with Gasteiger partial charge in [0.05, 0.1) is 0 Å². The lowest BCUT2D eigenvalue weighted by molar-refractivity contribution is -0.139. The van der Waals surface area contributed by atoms with E-state index in [9.17, 15) is 13.2 Å². The molecule has 0 aromatic carbocycles. The molecule has 6 nitrogen and oxygen atoms in total. The van der Waals surface area contributed by atoms with Crippen molar-refractivity contribution in [2.45, 2.75) is 26.3 Å². The van der Waals surface area contributed by atoms with Gasteiger partial charge in [0.1, 0.15) is 6.04 Å². The Morgan fingerprint density at radius 1 is 1.46 bits per heavy atom. The van der Waals surface area contributed by atoms with Crippen LogP contribution in [0, 0.1) is 5.92 Å². The molecule has 0 saturated heterocycles. The summed E-state index contributed by atoms with van der Waals surface area (Å²) < 4.78 is 30.6. The van der Waals surface area contributed by atoms with Crippen LogP contribution in [0.1, 0.15) is 20.3 Å². The number of carbonyl (C=O) groups is 1. The van der Waals surface area contributed by atoms with Crippen LogP contribution in [0.3, 0.4) is 0 Å². The Morgan fingerprint density at radius 2 is 1.92 bits per heavy atom. The summed E-state index contributed by atoms with van der Waals surface area (Å²) in [4.78, 5) is 10.5. The van der Waals surface area contributed by atoms with Crippen molar-refractivity contribution in [3.8, 4) is 0 Å². The van der Waals surface area contributed by atoms with Crippen LogP contribution in [-0.2, 0) is 15.1 Å². The molecule has 0 aliphatic carbocycles. The van der Waals surface area contributed by atoms with Gasteiger partial charge in [-0.05, 0) is 12.3 Å². The summed E-state index contributed by atoms with van der Waals surface area (Å²) in [5, 5.41) is 8.55. The first-order valence-corrected chi connectivity index (χ1v) is 5.14. The molecule has 0 heterocycles. The third-order valence-corrected chi connectivity index (χ3v) is 1.88. The fraction of sp³-hybridized carbons (Fsp3) is 0.833. The number of rotatable bonds is 5. The second kappa shape index (κ2) is 4.54. The number of carboxylic acid groups (broad SMARTS) is 1. The summed E-state index contributed by atoms with van der Waals surface area (Å²) in [6.45, 7) is 3.50. The minimum Gasteiger partial charge on any atom is -0.480 e. The first-order chi connectivity index (χ1) is 5.72. The fourth-order valence-electron chi connectivity index (χ4n) is 0.851. The maximum atomic E-state index is 10.5. The Balaban J connectivity index is 4.37. The normalized spacial score (nSPS) is 14.5. The zero-order valence-corrected chi connectivity index (χ0v) is 8.21. The second-order valence-electron chi connectivity index (χ2n) is 3.11. The molecule has 0 rings (SSSR count). The van der Waals surface area contributed by atoms with Gasteiger partial charge >= 0.3 is 16.3 Å². The van der Waals surface area contributed by atoms with Crippen molar-refractivity contribution in [2.75, 3.05) is 0 Å². The van der Waals surface area contributed by atoms with Gasteiger partial charge in [-0.3, -0.25) is 9.35 Å². The van der Waals surface area contributed by atoms with Crippen molar-refractivity contribution in [3.05, 3.63) is 0 Å².